The maximum atomic E-state index is 13.2. The monoisotopic (exact) mass is 456 g/mol. The summed E-state index contributed by atoms with van der Waals surface area (Å²) in [6.45, 7) is 10.7. The highest BCUT2D eigenvalue weighted by molar-refractivity contribution is 7.17. The number of carbonyl (C=O) groups is 1. The lowest BCUT2D eigenvalue weighted by Crippen LogP contribution is -2.48. The number of benzene rings is 1. The van der Waals surface area contributed by atoms with Gasteiger partial charge in [-0.25, -0.2) is 9.97 Å². The van der Waals surface area contributed by atoms with Crippen molar-refractivity contribution in [3.63, 3.8) is 0 Å². The molecule has 1 aliphatic heterocycles. The van der Waals surface area contributed by atoms with Gasteiger partial charge in [0.2, 0.25) is 0 Å². The van der Waals surface area contributed by atoms with Crippen molar-refractivity contribution in [1.29, 1.82) is 0 Å². The SMILES string of the molecule is CCOc1ccc(-c2nc(C)c(C(=O)N3CCN(Cc4csc(CC)n4)CC3)s2)cc1. The van der Waals surface area contributed by atoms with Crippen molar-refractivity contribution < 1.29 is 9.53 Å². The molecule has 0 saturated carbocycles. The second-order valence-electron chi connectivity index (χ2n) is 7.55. The third kappa shape index (κ3) is 5.14. The van der Waals surface area contributed by atoms with E-state index in [0.29, 0.717) is 6.61 Å². The molecule has 0 unspecified atom stereocenters. The molecule has 3 aromatic rings. The summed E-state index contributed by atoms with van der Waals surface area (Å²) in [7, 11) is 0. The van der Waals surface area contributed by atoms with Gasteiger partial charge in [0.1, 0.15) is 15.6 Å². The van der Waals surface area contributed by atoms with Crippen LogP contribution >= 0.6 is 22.7 Å². The standard InChI is InChI=1S/C23H28N4O2S2/c1-4-20-25-18(15-30-20)14-26-10-12-27(13-11-26)23(28)21-16(3)24-22(31-21)17-6-8-19(9-7-17)29-5-2/h6-9,15H,4-5,10-14H2,1-3H3. The fraction of sp³-hybridized carbons (Fsp3) is 0.435. The zero-order chi connectivity index (χ0) is 21.8. The highest BCUT2D eigenvalue weighted by atomic mass is 32.1. The van der Waals surface area contributed by atoms with Gasteiger partial charge in [-0.05, 0) is 44.5 Å². The van der Waals surface area contributed by atoms with E-state index in [4.69, 9.17) is 4.74 Å². The van der Waals surface area contributed by atoms with Crippen molar-refractivity contribution in [2.45, 2.75) is 33.7 Å². The topological polar surface area (TPSA) is 58.6 Å². The summed E-state index contributed by atoms with van der Waals surface area (Å²) in [6.07, 6.45) is 0.986. The van der Waals surface area contributed by atoms with Crippen LogP contribution in [0.5, 0.6) is 5.75 Å². The van der Waals surface area contributed by atoms with E-state index in [-0.39, 0.29) is 5.91 Å². The molecular formula is C23H28N4O2S2. The van der Waals surface area contributed by atoms with Crippen molar-refractivity contribution in [2.75, 3.05) is 32.8 Å². The Balaban J connectivity index is 1.37. The van der Waals surface area contributed by atoms with Gasteiger partial charge in [-0.1, -0.05) is 6.92 Å². The third-order valence-electron chi connectivity index (χ3n) is 5.35. The zero-order valence-corrected chi connectivity index (χ0v) is 19.9. The molecule has 0 N–H and O–H groups in total. The Morgan fingerprint density at radius 3 is 2.48 bits per heavy atom. The van der Waals surface area contributed by atoms with Gasteiger partial charge in [-0.3, -0.25) is 9.69 Å². The molecule has 1 saturated heterocycles. The highest BCUT2D eigenvalue weighted by Crippen LogP contribution is 2.30. The first-order valence-electron chi connectivity index (χ1n) is 10.7. The van der Waals surface area contributed by atoms with Crippen LogP contribution in [0.4, 0.5) is 0 Å². The number of ether oxygens (including phenoxy) is 1. The Morgan fingerprint density at radius 1 is 1.10 bits per heavy atom. The lowest BCUT2D eigenvalue weighted by Gasteiger charge is -2.34. The van der Waals surface area contributed by atoms with Crippen molar-refractivity contribution in [2.24, 2.45) is 0 Å². The van der Waals surface area contributed by atoms with E-state index in [1.807, 2.05) is 43.0 Å². The number of carbonyl (C=O) groups excluding carboxylic acids is 1. The van der Waals surface area contributed by atoms with Gasteiger partial charge in [0.15, 0.2) is 0 Å². The minimum atomic E-state index is 0.0914. The fourth-order valence-corrected chi connectivity index (χ4v) is 5.42. The van der Waals surface area contributed by atoms with Gasteiger partial charge in [0.25, 0.3) is 5.91 Å². The van der Waals surface area contributed by atoms with Crippen LogP contribution in [0.3, 0.4) is 0 Å². The summed E-state index contributed by atoms with van der Waals surface area (Å²) in [6, 6.07) is 7.89. The van der Waals surface area contributed by atoms with Crippen molar-refractivity contribution in [3.8, 4) is 16.3 Å². The second kappa shape index (κ2) is 9.89. The van der Waals surface area contributed by atoms with Gasteiger partial charge in [0, 0.05) is 43.7 Å². The maximum Gasteiger partial charge on any atom is 0.265 e. The van der Waals surface area contributed by atoms with Gasteiger partial charge in [-0.2, -0.15) is 0 Å². The van der Waals surface area contributed by atoms with Gasteiger partial charge in [0.05, 0.1) is 23.0 Å². The minimum Gasteiger partial charge on any atom is -0.494 e. The molecule has 4 rings (SSSR count). The zero-order valence-electron chi connectivity index (χ0n) is 18.3. The van der Waals surface area contributed by atoms with Crippen molar-refractivity contribution in [3.05, 3.63) is 50.9 Å². The Bertz CT molecular complexity index is 1020. The molecular weight excluding hydrogens is 428 g/mol. The number of nitrogens with zero attached hydrogens (tertiary/aromatic N) is 4. The molecule has 0 aliphatic carbocycles. The van der Waals surface area contributed by atoms with Crippen LogP contribution in [0.2, 0.25) is 0 Å². The molecule has 0 atom stereocenters. The number of thiazole rings is 2. The highest BCUT2D eigenvalue weighted by Gasteiger charge is 2.26. The first-order chi connectivity index (χ1) is 15.1. The van der Waals surface area contributed by atoms with Gasteiger partial charge < -0.3 is 9.64 Å². The molecule has 0 spiro atoms. The van der Waals surface area contributed by atoms with Crippen LogP contribution in [0.25, 0.3) is 10.6 Å². The summed E-state index contributed by atoms with van der Waals surface area (Å²) in [5, 5.41) is 4.21. The molecule has 164 valence electrons. The first kappa shape index (κ1) is 21.9. The van der Waals surface area contributed by atoms with Crippen LogP contribution in [0, 0.1) is 6.92 Å². The smallest absolute Gasteiger partial charge is 0.265 e. The summed E-state index contributed by atoms with van der Waals surface area (Å²) >= 11 is 3.21. The summed E-state index contributed by atoms with van der Waals surface area (Å²) in [5.74, 6) is 0.936. The molecule has 1 aliphatic rings. The van der Waals surface area contributed by atoms with Crippen molar-refractivity contribution in [1.82, 2.24) is 19.8 Å². The molecule has 3 heterocycles. The molecule has 8 heteroatoms. The summed E-state index contributed by atoms with van der Waals surface area (Å²) < 4.78 is 5.51. The Hall–Kier alpha value is -2.29. The number of rotatable bonds is 7. The molecule has 0 radical (unpaired) electrons. The number of hydrogen-bond acceptors (Lipinski definition) is 7. The molecule has 31 heavy (non-hydrogen) atoms. The Morgan fingerprint density at radius 2 is 1.84 bits per heavy atom. The lowest BCUT2D eigenvalue weighted by atomic mass is 10.2. The molecule has 1 amide bonds. The Kier molecular flexibility index (Phi) is 6.99. The third-order valence-corrected chi connectivity index (χ3v) is 7.59. The van der Waals surface area contributed by atoms with Crippen LogP contribution in [-0.2, 0) is 13.0 Å². The van der Waals surface area contributed by atoms with Crippen LogP contribution in [-0.4, -0.2) is 58.5 Å². The first-order valence-corrected chi connectivity index (χ1v) is 12.4. The van der Waals surface area contributed by atoms with Crippen LogP contribution in [0.1, 0.15) is 39.9 Å². The molecule has 1 aromatic carbocycles. The number of piperazine rings is 1. The van der Waals surface area contributed by atoms with E-state index in [1.165, 1.54) is 16.3 Å². The van der Waals surface area contributed by atoms with Gasteiger partial charge >= 0.3 is 0 Å². The number of aromatic nitrogens is 2. The van der Waals surface area contributed by atoms with Crippen LogP contribution < -0.4 is 4.74 Å². The lowest BCUT2D eigenvalue weighted by molar-refractivity contribution is 0.0631. The maximum absolute atomic E-state index is 13.2. The minimum absolute atomic E-state index is 0.0914. The van der Waals surface area contributed by atoms with E-state index >= 15 is 0 Å². The van der Waals surface area contributed by atoms with E-state index < -0.39 is 0 Å². The van der Waals surface area contributed by atoms with E-state index in [0.717, 1.165) is 71.7 Å². The number of aryl methyl sites for hydroxylation is 2. The summed E-state index contributed by atoms with van der Waals surface area (Å²) in [4.78, 5) is 27.6. The largest absolute Gasteiger partial charge is 0.494 e. The summed E-state index contributed by atoms with van der Waals surface area (Å²) in [5.41, 5.74) is 2.95. The van der Waals surface area contributed by atoms with E-state index in [1.54, 1.807) is 11.3 Å². The average molecular weight is 457 g/mol. The number of hydrogen-bond donors (Lipinski definition) is 0. The average Bonchev–Trinajstić information content (AvgIpc) is 3.41. The second-order valence-corrected chi connectivity index (χ2v) is 9.49. The van der Waals surface area contributed by atoms with Crippen molar-refractivity contribution >= 4 is 28.6 Å². The van der Waals surface area contributed by atoms with Gasteiger partial charge in [-0.15, -0.1) is 22.7 Å². The predicted molar refractivity (Wildman–Crippen MR) is 126 cm³/mol. The predicted octanol–water partition coefficient (Wildman–Crippen LogP) is 4.49. The van der Waals surface area contributed by atoms with Crippen LogP contribution in [0.15, 0.2) is 29.6 Å². The number of amides is 1. The van der Waals surface area contributed by atoms with E-state index in [9.17, 15) is 4.79 Å². The molecule has 1 fully saturated rings. The Labute approximate surface area is 191 Å². The molecule has 6 nitrogen and oxygen atoms in total. The molecule has 0 bridgehead atoms. The van der Waals surface area contributed by atoms with E-state index in [2.05, 4.69) is 27.2 Å². The quantitative estimate of drug-likeness (QED) is 0.524. The normalized spacial score (nSPS) is 14.7. The fourth-order valence-electron chi connectivity index (χ4n) is 3.64. The molecule has 2 aromatic heterocycles.